The van der Waals surface area contributed by atoms with Crippen LogP contribution in [0.4, 0.5) is 4.79 Å². The molecule has 1 aliphatic heterocycles. The van der Waals surface area contributed by atoms with Crippen LogP contribution in [0.1, 0.15) is 31.7 Å². The van der Waals surface area contributed by atoms with Crippen molar-refractivity contribution in [3.63, 3.8) is 0 Å². The molecular weight excluding hydrogens is 282 g/mol. The highest BCUT2D eigenvalue weighted by Gasteiger charge is 2.33. The number of carbonyl (C=O) groups excluding carboxylic acids is 1. The number of aromatic nitrogens is 2. The summed E-state index contributed by atoms with van der Waals surface area (Å²) >= 11 is 0. The van der Waals surface area contributed by atoms with Gasteiger partial charge in [0.15, 0.2) is 0 Å². The first-order valence-electron chi connectivity index (χ1n) is 7.78. The Kier molecular flexibility index (Phi) is 5.79. The summed E-state index contributed by atoms with van der Waals surface area (Å²) in [6, 6.07) is -0.0422. The predicted molar refractivity (Wildman–Crippen MR) is 84.6 cm³/mol. The Balaban J connectivity index is 1.84. The van der Waals surface area contributed by atoms with Crippen LogP contribution in [-0.4, -0.2) is 59.8 Å². The molecule has 2 amide bonds. The number of ether oxygens (including phenoxy) is 1. The number of nitrogens with one attached hydrogen (secondary N) is 2. The van der Waals surface area contributed by atoms with E-state index in [4.69, 9.17) is 4.74 Å². The van der Waals surface area contributed by atoms with Crippen molar-refractivity contribution in [3.05, 3.63) is 18.2 Å². The molecular formula is C15H27N5O2. The molecule has 1 saturated heterocycles. The molecule has 0 saturated carbocycles. The second kappa shape index (κ2) is 7.60. The SMILES string of the molecule is C[C@H](CCN(C)C)NC(=O)N[C@H]1CCO[C@@H]1c1nccn1C. The van der Waals surface area contributed by atoms with E-state index < -0.39 is 0 Å². The van der Waals surface area contributed by atoms with Crippen LogP contribution in [0.15, 0.2) is 12.4 Å². The lowest BCUT2D eigenvalue weighted by Gasteiger charge is -2.22. The van der Waals surface area contributed by atoms with Gasteiger partial charge in [-0.05, 0) is 40.4 Å². The zero-order valence-corrected chi connectivity index (χ0v) is 13.9. The van der Waals surface area contributed by atoms with Crippen LogP contribution in [0.25, 0.3) is 0 Å². The lowest BCUT2D eigenvalue weighted by atomic mass is 10.1. The molecule has 0 bridgehead atoms. The van der Waals surface area contributed by atoms with E-state index in [1.165, 1.54) is 0 Å². The van der Waals surface area contributed by atoms with E-state index in [0.717, 1.165) is 25.2 Å². The number of hydrogen-bond acceptors (Lipinski definition) is 4. The van der Waals surface area contributed by atoms with Crippen LogP contribution < -0.4 is 10.6 Å². The van der Waals surface area contributed by atoms with Crippen molar-refractivity contribution in [1.82, 2.24) is 25.1 Å². The Bertz CT molecular complexity index is 488. The third-order valence-electron chi connectivity index (χ3n) is 3.91. The molecule has 1 aromatic heterocycles. The standard InChI is InChI=1S/C15H27N5O2/c1-11(5-8-19(2)3)17-15(21)18-12-6-10-22-13(12)14-16-7-9-20(14)4/h7,9,11-13H,5-6,8,10H2,1-4H3,(H2,17,18,21)/t11-,12+,13+/m1/s1. The van der Waals surface area contributed by atoms with Gasteiger partial charge in [-0.25, -0.2) is 9.78 Å². The van der Waals surface area contributed by atoms with Crippen molar-refractivity contribution in [2.24, 2.45) is 7.05 Å². The Morgan fingerprint density at radius 1 is 1.59 bits per heavy atom. The first kappa shape index (κ1) is 16.8. The van der Waals surface area contributed by atoms with Gasteiger partial charge < -0.3 is 24.8 Å². The molecule has 1 fully saturated rings. The molecule has 0 aromatic carbocycles. The van der Waals surface area contributed by atoms with E-state index in [9.17, 15) is 4.79 Å². The predicted octanol–water partition coefficient (Wildman–Crippen LogP) is 0.890. The second-order valence-corrected chi connectivity index (χ2v) is 6.19. The third-order valence-corrected chi connectivity index (χ3v) is 3.91. The first-order valence-corrected chi connectivity index (χ1v) is 7.78. The molecule has 0 radical (unpaired) electrons. The zero-order chi connectivity index (χ0) is 16.1. The summed E-state index contributed by atoms with van der Waals surface area (Å²) in [6.07, 6.45) is 5.18. The molecule has 0 aliphatic carbocycles. The molecule has 22 heavy (non-hydrogen) atoms. The van der Waals surface area contributed by atoms with Crippen molar-refractivity contribution in [2.75, 3.05) is 27.2 Å². The summed E-state index contributed by atoms with van der Waals surface area (Å²) in [7, 11) is 5.99. The highest BCUT2D eigenvalue weighted by atomic mass is 16.5. The number of nitrogens with zero attached hydrogens (tertiary/aromatic N) is 3. The van der Waals surface area contributed by atoms with E-state index in [0.29, 0.717) is 6.61 Å². The fraction of sp³-hybridized carbons (Fsp3) is 0.733. The molecule has 1 aromatic rings. The largest absolute Gasteiger partial charge is 0.368 e. The van der Waals surface area contributed by atoms with Gasteiger partial charge in [0.25, 0.3) is 0 Å². The Morgan fingerprint density at radius 3 is 3.00 bits per heavy atom. The van der Waals surface area contributed by atoms with Crippen molar-refractivity contribution in [2.45, 2.75) is 38.0 Å². The molecule has 2 rings (SSSR count). The molecule has 0 spiro atoms. The van der Waals surface area contributed by atoms with Crippen LogP contribution in [0.5, 0.6) is 0 Å². The van der Waals surface area contributed by atoms with E-state index >= 15 is 0 Å². The van der Waals surface area contributed by atoms with Gasteiger partial charge in [0.2, 0.25) is 0 Å². The number of urea groups is 1. The van der Waals surface area contributed by atoms with Gasteiger partial charge in [-0.15, -0.1) is 0 Å². The number of aryl methyl sites for hydroxylation is 1. The van der Waals surface area contributed by atoms with Crippen molar-refractivity contribution < 1.29 is 9.53 Å². The second-order valence-electron chi connectivity index (χ2n) is 6.19. The van der Waals surface area contributed by atoms with Gasteiger partial charge in [-0.2, -0.15) is 0 Å². The van der Waals surface area contributed by atoms with Crippen LogP contribution in [0.2, 0.25) is 0 Å². The summed E-state index contributed by atoms with van der Waals surface area (Å²) in [5.74, 6) is 0.850. The van der Waals surface area contributed by atoms with Gasteiger partial charge in [0.1, 0.15) is 11.9 Å². The molecule has 124 valence electrons. The smallest absolute Gasteiger partial charge is 0.315 e. The number of imidazole rings is 1. The average molecular weight is 309 g/mol. The number of rotatable bonds is 6. The molecule has 1 aliphatic rings. The minimum atomic E-state index is -0.178. The summed E-state index contributed by atoms with van der Waals surface area (Å²) in [5.41, 5.74) is 0. The molecule has 2 N–H and O–H groups in total. The molecule has 7 nitrogen and oxygen atoms in total. The monoisotopic (exact) mass is 309 g/mol. The number of hydrogen-bond donors (Lipinski definition) is 2. The average Bonchev–Trinajstić information content (AvgIpc) is 3.05. The maximum Gasteiger partial charge on any atom is 0.315 e. The van der Waals surface area contributed by atoms with Gasteiger partial charge in [-0.1, -0.05) is 0 Å². The Morgan fingerprint density at radius 2 is 2.36 bits per heavy atom. The minimum absolute atomic E-state index is 0.0397. The lowest BCUT2D eigenvalue weighted by Crippen LogP contribution is -2.47. The minimum Gasteiger partial charge on any atom is -0.368 e. The van der Waals surface area contributed by atoms with E-state index in [1.807, 2.05) is 38.8 Å². The van der Waals surface area contributed by atoms with Gasteiger partial charge in [0.05, 0.1) is 6.04 Å². The highest BCUT2D eigenvalue weighted by molar-refractivity contribution is 5.74. The topological polar surface area (TPSA) is 71.4 Å². The van der Waals surface area contributed by atoms with Crippen molar-refractivity contribution >= 4 is 6.03 Å². The van der Waals surface area contributed by atoms with Crippen molar-refractivity contribution in [1.29, 1.82) is 0 Å². The van der Waals surface area contributed by atoms with Crippen LogP contribution >= 0.6 is 0 Å². The number of amides is 2. The van der Waals surface area contributed by atoms with Crippen LogP contribution in [-0.2, 0) is 11.8 Å². The molecule has 0 unspecified atom stereocenters. The van der Waals surface area contributed by atoms with E-state index in [2.05, 4.69) is 20.5 Å². The Hall–Kier alpha value is -1.60. The van der Waals surface area contributed by atoms with Gasteiger partial charge in [0, 0.05) is 32.1 Å². The summed E-state index contributed by atoms with van der Waals surface area (Å²) in [6.45, 7) is 3.60. The molecule has 2 heterocycles. The van der Waals surface area contributed by atoms with Crippen LogP contribution in [0, 0.1) is 0 Å². The van der Waals surface area contributed by atoms with Crippen LogP contribution in [0.3, 0.4) is 0 Å². The fourth-order valence-electron chi connectivity index (χ4n) is 2.60. The van der Waals surface area contributed by atoms with Gasteiger partial charge >= 0.3 is 6.03 Å². The Labute approximate surface area is 132 Å². The van der Waals surface area contributed by atoms with E-state index in [-0.39, 0.29) is 24.2 Å². The molecule has 3 atom stereocenters. The summed E-state index contributed by atoms with van der Waals surface area (Å²) < 4.78 is 7.68. The quantitative estimate of drug-likeness (QED) is 0.819. The summed E-state index contributed by atoms with van der Waals surface area (Å²) in [5, 5.41) is 6.00. The number of carbonyl (C=O) groups is 1. The normalized spacial score (nSPS) is 22.8. The maximum absolute atomic E-state index is 12.1. The zero-order valence-electron chi connectivity index (χ0n) is 13.9. The van der Waals surface area contributed by atoms with Crippen molar-refractivity contribution in [3.8, 4) is 0 Å². The first-order chi connectivity index (χ1) is 10.5. The molecule has 7 heteroatoms. The third kappa shape index (κ3) is 4.45. The highest BCUT2D eigenvalue weighted by Crippen LogP contribution is 2.27. The lowest BCUT2D eigenvalue weighted by molar-refractivity contribution is 0.0907. The fourth-order valence-corrected chi connectivity index (χ4v) is 2.60. The summed E-state index contributed by atoms with van der Waals surface area (Å²) in [4.78, 5) is 18.6. The van der Waals surface area contributed by atoms with E-state index in [1.54, 1.807) is 6.20 Å². The maximum atomic E-state index is 12.1. The van der Waals surface area contributed by atoms with Gasteiger partial charge in [-0.3, -0.25) is 0 Å².